The average Bonchev–Trinajstić information content (AvgIpc) is 3.63. The third kappa shape index (κ3) is 5.55. The van der Waals surface area contributed by atoms with Crippen molar-refractivity contribution >= 4 is 17.9 Å². The number of allylic oxidation sites excluding steroid dienone is 2. The second-order valence-electron chi connectivity index (χ2n) is 6.68. The first-order valence-corrected chi connectivity index (χ1v) is 9.35. The standard InChI is InChI=1S/C23H22O5/c24-19(11-9-17-5-1-3-7-22(17)27-15-20-13-25-20)12-10-18-6-2-4-8-23(18)28-16-21-14-26-21/h1-12,20-21H,13-16H2/b11-9+,12-10+. The van der Waals surface area contributed by atoms with Crippen LogP contribution in [-0.2, 0) is 14.3 Å². The minimum Gasteiger partial charge on any atom is -0.490 e. The minimum absolute atomic E-state index is 0.111. The van der Waals surface area contributed by atoms with E-state index in [9.17, 15) is 4.79 Å². The summed E-state index contributed by atoms with van der Waals surface area (Å²) in [6, 6.07) is 15.3. The molecular formula is C23H22O5. The van der Waals surface area contributed by atoms with Crippen LogP contribution >= 0.6 is 0 Å². The van der Waals surface area contributed by atoms with Crippen LogP contribution in [0, 0.1) is 0 Å². The first kappa shape index (κ1) is 18.5. The Labute approximate surface area is 164 Å². The summed E-state index contributed by atoms with van der Waals surface area (Å²) in [5.41, 5.74) is 1.72. The Balaban J connectivity index is 1.37. The van der Waals surface area contributed by atoms with Gasteiger partial charge in [0.2, 0.25) is 0 Å². The highest BCUT2D eigenvalue weighted by Crippen LogP contribution is 2.23. The van der Waals surface area contributed by atoms with Gasteiger partial charge in [-0.1, -0.05) is 36.4 Å². The molecule has 2 aromatic carbocycles. The maximum atomic E-state index is 12.3. The van der Waals surface area contributed by atoms with Gasteiger partial charge in [-0.25, -0.2) is 0 Å². The topological polar surface area (TPSA) is 60.6 Å². The van der Waals surface area contributed by atoms with E-state index >= 15 is 0 Å². The summed E-state index contributed by atoms with van der Waals surface area (Å²) in [7, 11) is 0. The Hall–Kier alpha value is -2.89. The number of hydrogen-bond donors (Lipinski definition) is 0. The number of epoxide rings is 2. The van der Waals surface area contributed by atoms with Crippen LogP contribution in [0.1, 0.15) is 11.1 Å². The molecule has 2 aliphatic rings. The Kier molecular flexibility index (Phi) is 5.85. The summed E-state index contributed by atoms with van der Waals surface area (Å²) in [6.45, 7) is 2.56. The predicted octanol–water partition coefficient (Wildman–Crippen LogP) is 3.54. The van der Waals surface area contributed by atoms with E-state index in [2.05, 4.69) is 0 Å². The summed E-state index contributed by atoms with van der Waals surface area (Å²) in [5, 5.41) is 0. The fraction of sp³-hybridized carbons (Fsp3) is 0.261. The Morgan fingerprint density at radius 1 is 0.821 bits per heavy atom. The van der Waals surface area contributed by atoms with E-state index < -0.39 is 0 Å². The van der Waals surface area contributed by atoms with E-state index in [0.717, 1.165) is 35.8 Å². The molecular weight excluding hydrogens is 356 g/mol. The van der Waals surface area contributed by atoms with Crippen molar-refractivity contribution in [3.63, 3.8) is 0 Å². The van der Waals surface area contributed by atoms with Crippen LogP contribution in [0.4, 0.5) is 0 Å². The highest BCUT2D eigenvalue weighted by Gasteiger charge is 2.24. The van der Waals surface area contributed by atoms with Crippen molar-refractivity contribution in [2.45, 2.75) is 12.2 Å². The third-order valence-electron chi connectivity index (χ3n) is 4.35. The van der Waals surface area contributed by atoms with Crippen molar-refractivity contribution in [1.29, 1.82) is 0 Å². The van der Waals surface area contributed by atoms with E-state index in [1.807, 2.05) is 48.5 Å². The molecule has 2 fully saturated rings. The quantitative estimate of drug-likeness (QED) is 0.467. The SMILES string of the molecule is O=C(/C=C/c1ccccc1OCC1CO1)/C=C/c1ccccc1OCC1CO1. The van der Waals surface area contributed by atoms with Crippen molar-refractivity contribution < 1.29 is 23.7 Å². The summed E-state index contributed by atoms with van der Waals surface area (Å²) in [6.07, 6.45) is 6.98. The number of hydrogen-bond acceptors (Lipinski definition) is 5. The van der Waals surface area contributed by atoms with E-state index in [4.69, 9.17) is 18.9 Å². The molecule has 0 radical (unpaired) electrons. The fourth-order valence-corrected chi connectivity index (χ4v) is 2.59. The monoisotopic (exact) mass is 378 g/mol. The number of rotatable bonds is 10. The predicted molar refractivity (Wildman–Crippen MR) is 106 cm³/mol. The Morgan fingerprint density at radius 3 is 1.68 bits per heavy atom. The second kappa shape index (κ2) is 8.87. The molecule has 0 saturated carbocycles. The van der Waals surface area contributed by atoms with Gasteiger partial charge in [-0.3, -0.25) is 4.79 Å². The molecule has 0 aromatic heterocycles. The van der Waals surface area contributed by atoms with Gasteiger partial charge in [0.1, 0.15) is 36.9 Å². The molecule has 144 valence electrons. The van der Waals surface area contributed by atoms with Crippen LogP contribution in [0.3, 0.4) is 0 Å². The molecule has 5 nitrogen and oxygen atoms in total. The van der Waals surface area contributed by atoms with Crippen molar-refractivity contribution in [3.8, 4) is 11.5 Å². The number of carbonyl (C=O) groups is 1. The minimum atomic E-state index is -0.111. The number of para-hydroxylation sites is 2. The van der Waals surface area contributed by atoms with Gasteiger partial charge >= 0.3 is 0 Å². The highest BCUT2D eigenvalue weighted by atomic mass is 16.6. The number of ether oxygens (including phenoxy) is 4. The smallest absolute Gasteiger partial charge is 0.178 e. The van der Waals surface area contributed by atoms with Crippen molar-refractivity contribution in [2.24, 2.45) is 0 Å². The van der Waals surface area contributed by atoms with Crippen molar-refractivity contribution in [2.75, 3.05) is 26.4 Å². The van der Waals surface area contributed by atoms with E-state index in [-0.39, 0.29) is 18.0 Å². The lowest BCUT2D eigenvalue weighted by atomic mass is 10.1. The molecule has 5 heteroatoms. The van der Waals surface area contributed by atoms with Crippen LogP contribution in [0.15, 0.2) is 60.7 Å². The number of benzene rings is 2. The van der Waals surface area contributed by atoms with Gasteiger partial charge in [0, 0.05) is 11.1 Å². The number of carbonyl (C=O) groups excluding carboxylic acids is 1. The summed E-state index contributed by atoms with van der Waals surface area (Å²) < 4.78 is 21.8. The fourth-order valence-electron chi connectivity index (χ4n) is 2.59. The molecule has 2 atom stereocenters. The average molecular weight is 378 g/mol. The molecule has 0 bridgehead atoms. The van der Waals surface area contributed by atoms with Gasteiger partial charge in [-0.05, 0) is 36.4 Å². The largest absolute Gasteiger partial charge is 0.490 e. The molecule has 28 heavy (non-hydrogen) atoms. The van der Waals surface area contributed by atoms with E-state index in [1.54, 1.807) is 12.2 Å². The molecule has 0 N–H and O–H groups in total. The molecule has 0 aliphatic carbocycles. The maximum absolute atomic E-state index is 12.3. The Bertz CT molecular complexity index is 807. The molecule has 2 aliphatic heterocycles. The molecule has 0 spiro atoms. The molecule has 2 unspecified atom stereocenters. The summed E-state index contributed by atoms with van der Waals surface area (Å²) in [4.78, 5) is 12.3. The van der Waals surface area contributed by atoms with Gasteiger partial charge < -0.3 is 18.9 Å². The zero-order valence-electron chi connectivity index (χ0n) is 15.5. The Morgan fingerprint density at radius 2 is 1.25 bits per heavy atom. The normalized spacial score (nSPS) is 20.4. The highest BCUT2D eigenvalue weighted by molar-refractivity contribution is 6.04. The summed E-state index contributed by atoms with van der Waals surface area (Å²) in [5.74, 6) is 1.37. The van der Waals surface area contributed by atoms with Crippen molar-refractivity contribution in [1.82, 2.24) is 0 Å². The van der Waals surface area contributed by atoms with Crippen LogP contribution in [0.5, 0.6) is 11.5 Å². The van der Waals surface area contributed by atoms with Gasteiger partial charge in [0.05, 0.1) is 13.2 Å². The third-order valence-corrected chi connectivity index (χ3v) is 4.35. The lowest BCUT2D eigenvalue weighted by molar-refractivity contribution is -0.110. The maximum Gasteiger partial charge on any atom is 0.178 e. The molecule has 0 amide bonds. The first-order chi connectivity index (χ1) is 13.8. The summed E-state index contributed by atoms with van der Waals surface area (Å²) >= 11 is 0. The van der Waals surface area contributed by atoms with Crippen LogP contribution < -0.4 is 9.47 Å². The second-order valence-corrected chi connectivity index (χ2v) is 6.68. The lowest BCUT2D eigenvalue weighted by Crippen LogP contribution is -2.05. The first-order valence-electron chi connectivity index (χ1n) is 9.35. The molecule has 2 heterocycles. The molecule has 2 aromatic rings. The number of ketones is 1. The zero-order valence-corrected chi connectivity index (χ0v) is 15.5. The van der Waals surface area contributed by atoms with Crippen LogP contribution in [-0.4, -0.2) is 44.4 Å². The van der Waals surface area contributed by atoms with Crippen molar-refractivity contribution in [3.05, 3.63) is 71.8 Å². The molecule has 2 saturated heterocycles. The van der Waals surface area contributed by atoms with Gasteiger partial charge in [-0.2, -0.15) is 0 Å². The lowest BCUT2D eigenvalue weighted by Gasteiger charge is -2.07. The van der Waals surface area contributed by atoms with Crippen LogP contribution in [0.2, 0.25) is 0 Å². The van der Waals surface area contributed by atoms with E-state index in [1.165, 1.54) is 12.2 Å². The van der Waals surface area contributed by atoms with Gasteiger partial charge in [0.15, 0.2) is 5.78 Å². The van der Waals surface area contributed by atoms with Crippen LogP contribution in [0.25, 0.3) is 12.2 Å². The zero-order chi connectivity index (χ0) is 19.2. The van der Waals surface area contributed by atoms with Gasteiger partial charge in [-0.15, -0.1) is 0 Å². The molecule has 4 rings (SSSR count). The van der Waals surface area contributed by atoms with Gasteiger partial charge in [0.25, 0.3) is 0 Å². The van der Waals surface area contributed by atoms with E-state index in [0.29, 0.717) is 13.2 Å².